The Morgan fingerprint density at radius 3 is 2.81 bits per heavy atom. The van der Waals surface area contributed by atoms with Crippen molar-refractivity contribution in [1.29, 1.82) is 0 Å². The summed E-state index contributed by atoms with van der Waals surface area (Å²) in [7, 11) is 0. The van der Waals surface area contributed by atoms with Crippen molar-refractivity contribution >= 4 is 22.9 Å². The summed E-state index contributed by atoms with van der Waals surface area (Å²) in [5, 5.41) is 5.65. The number of hydrogen-bond donors (Lipinski definition) is 2. The van der Waals surface area contributed by atoms with Crippen LogP contribution in [0.1, 0.15) is 11.6 Å². The normalized spacial score (nSPS) is 19.9. The molecule has 1 aliphatic heterocycles. The predicted octanol–water partition coefficient (Wildman–Crippen LogP) is 1.31. The van der Waals surface area contributed by atoms with Gasteiger partial charge in [0.15, 0.2) is 0 Å². The van der Waals surface area contributed by atoms with Gasteiger partial charge in [0.05, 0.1) is 6.26 Å². The Morgan fingerprint density at radius 2 is 2.06 bits per heavy atom. The first-order valence-corrected chi connectivity index (χ1v) is 4.82. The zero-order valence-corrected chi connectivity index (χ0v) is 8.19. The Morgan fingerprint density at radius 1 is 1.19 bits per heavy atom. The topological polar surface area (TPSA) is 71.3 Å². The minimum absolute atomic E-state index is 0.326. The van der Waals surface area contributed by atoms with Gasteiger partial charge in [-0.1, -0.05) is 6.07 Å². The monoisotopic (exact) mass is 216 g/mol. The molecule has 0 radical (unpaired) electrons. The molecule has 2 aromatic rings. The first kappa shape index (κ1) is 8.96. The lowest BCUT2D eigenvalue weighted by atomic mass is 10.1. The molecule has 0 bridgehead atoms. The second-order valence-electron chi connectivity index (χ2n) is 3.61. The maximum absolute atomic E-state index is 11.4. The van der Waals surface area contributed by atoms with Gasteiger partial charge in [-0.15, -0.1) is 0 Å². The van der Waals surface area contributed by atoms with Crippen LogP contribution in [0, 0.1) is 0 Å². The highest BCUT2D eigenvalue weighted by Gasteiger charge is 2.30. The van der Waals surface area contributed by atoms with Gasteiger partial charge in [-0.25, -0.2) is 4.79 Å². The molecule has 0 spiro atoms. The maximum Gasteiger partial charge on any atom is 0.322 e. The zero-order valence-electron chi connectivity index (χ0n) is 8.19. The highest BCUT2D eigenvalue weighted by Crippen LogP contribution is 2.22. The molecular weight excluding hydrogens is 208 g/mol. The molecule has 5 nitrogen and oxygen atoms in total. The van der Waals surface area contributed by atoms with Gasteiger partial charge in [-0.3, -0.25) is 10.1 Å². The Labute approximate surface area is 90.4 Å². The first-order chi connectivity index (χ1) is 7.74. The van der Waals surface area contributed by atoms with Crippen LogP contribution in [-0.4, -0.2) is 11.9 Å². The number of rotatable bonds is 1. The second kappa shape index (κ2) is 3.10. The maximum atomic E-state index is 11.4. The van der Waals surface area contributed by atoms with E-state index in [4.69, 9.17) is 4.42 Å². The van der Waals surface area contributed by atoms with Crippen LogP contribution in [0.25, 0.3) is 11.0 Å². The van der Waals surface area contributed by atoms with Gasteiger partial charge in [-0.05, 0) is 23.8 Å². The van der Waals surface area contributed by atoms with Gasteiger partial charge in [0.1, 0.15) is 11.6 Å². The van der Waals surface area contributed by atoms with Crippen molar-refractivity contribution in [2.45, 2.75) is 6.04 Å². The van der Waals surface area contributed by atoms with Gasteiger partial charge < -0.3 is 9.73 Å². The quantitative estimate of drug-likeness (QED) is 0.706. The molecule has 1 fully saturated rings. The molecular formula is C11H8N2O3. The first-order valence-electron chi connectivity index (χ1n) is 4.82. The van der Waals surface area contributed by atoms with Crippen LogP contribution in [0.15, 0.2) is 34.9 Å². The number of nitrogens with one attached hydrogen (secondary N) is 2. The molecule has 1 aromatic carbocycles. The van der Waals surface area contributed by atoms with E-state index in [1.54, 1.807) is 18.4 Å². The van der Waals surface area contributed by atoms with Crippen LogP contribution in [0.5, 0.6) is 0 Å². The Bertz CT molecular complexity index is 588. The van der Waals surface area contributed by atoms with E-state index in [1.165, 1.54) is 0 Å². The van der Waals surface area contributed by atoms with Crippen LogP contribution in [0.4, 0.5) is 4.79 Å². The fraction of sp³-hybridized carbons (Fsp3) is 0.0909. The molecule has 0 saturated carbocycles. The van der Waals surface area contributed by atoms with Crippen molar-refractivity contribution in [3.8, 4) is 0 Å². The summed E-state index contributed by atoms with van der Waals surface area (Å²) in [5.41, 5.74) is 1.51. The van der Waals surface area contributed by atoms with Crippen LogP contribution < -0.4 is 10.6 Å². The fourth-order valence-electron chi connectivity index (χ4n) is 1.82. The summed E-state index contributed by atoms with van der Waals surface area (Å²) in [6.07, 6.45) is 1.59. The number of carbonyl (C=O) groups is 2. The number of fused-ring (bicyclic) bond motifs is 1. The van der Waals surface area contributed by atoms with E-state index in [9.17, 15) is 9.59 Å². The van der Waals surface area contributed by atoms with E-state index in [-0.39, 0.29) is 5.91 Å². The van der Waals surface area contributed by atoms with E-state index >= 15 is 0 Å². The molecule has 3 rings (SSSR count). The van der Waals surface area contributed by atoms with Gasteiger partial charge in [0, 0.05) is 5.39 Å². The fourth-order valence-corrected chi connectivity index (χ4v) is 1.82. The lowest BCUT2D eigenvalue weighted by Gasteiger charge is -2.06. The molecule has 1 aromatic heterocycles. The summed E-state index contributed by atoms with van der Waals surface area (Å²) >= 11 is 0. The Balaban J connectivity index is 2.05. The summed E-state index contributed by atoms with van der Waals surface area (Å²) in [5.74, 6) is -0.326. The van der Waals surface area contributed by atoms with Gasteiger partial charge in [0.2, 0.25) is 0 Å². The molecule has 1 saturated heterocycles. The van der Waals surface area contributed by atoms with Crippen molar-refractivity contribution < 1.29 is 14.0 Å². The minimum Gasteiger partial charge on any atom is -0.464 e. The smallest absolute Gasteiger partial charge is 0.322 e. The molecule has 80 valence electrons. The summed E-state index contributed by atoms with van der Waals surface area (Å²) in [6.45, 7) is 0. The second-order valence-corrected chi connectivity index (χ2v) is 3.61. The summed E-state index contributed by atoms with van der Waals surface area (Å²) < 4.78 is 5.20. The van der Waals surface area contributed by atoms with Crippen molar-refractivity contribution in [1.82, 2.24) is 10.6 Å². The third kappa shape index (κ3) is 1.25. The number of imide groups is 1. The summed E-state index contributed by atoms with van der Waals surface area (Å²) in [4.78, 5) is 22.4. The number of urea groups is 1. The number of furan rings is 1. The highest BCUT2D eigenvalue weighted by molar-refractivity contribution is 6.04. The SMILES string of the molecule is O=C1NC(=O)C(c2ccc3occc3c2)N1. The van der Waals surface area contributed by atoms with Crippen LogP contribution in [0.3, 0.4) is 0 Å². The third-order valence-electron chi connectivity index (χ3n) is 2.58. The van der Waals surface area contributed by atoms with Gasteiger partial charge >= 0.3 is 6.03 Å². The lowest BCUT2D eigenvalue weighted by Crippen LogP contribution is -2.22. The molecule has 1 unspecified atom stereocenters. The Kier molecular flexibility index (Phi) is 1.73. The van der Waals surface area contributed by atoms with Crippen LogP contribution in [0.2, 0.25) is 0 Å². The molecule has 16 heavy (non-hydrogen) atoms. The molecule has 2 heterocycles. The van der Waals surface area contributed by atoms with E-state index in [2.05, 4.69) is 10.6 Å². The highest BCUT2D eigenvalue weighted by atomic mass is 16.3. The van der Waals surface area contributed by atoms with Crippen molar-refractivity contribution in [3.63, 3.8) is 0 Å². The van der Waals surface area contributed by atoms with E-state index in [0.717, 1.165) is 16.5 Å². The molecule has 1 atom stereocenters. The zero-order chi connectivity index (χ0) is 11.1. The average molecular weight is 216 g/mol. The van der Waals surface area contributed by atoms with Gasteiger partial charge in [-0.2, -0.15) is 0 Å². The molecule has 1 aliphatic rings. The number of benzene rings is 1. The van der Waals surface area contributed by atoms with Crippen molar-refractivity contribution in [2.24, 2.45) is 0 Å². The molecule has 2 N–H and O–H groups in total. The van der Waals surface area contributed by atoms with Gasteiger partial charge in [0.25, 0.3) is 5.91 Å². The standard InChI is InChI=1S/C11H8N2O3/c14-10-9(12-11(15)13-10)7-1-2-8-6(5-7)3-4-16-8/h1-5,9H,(H2,12,13,14,15). The number of amides is 3. The average Bonchev–Trinajstić information content (AvgIpc) is 2.83. The molecule has 0 aliphatic carbocycles. The third-order valence-corrected chi connectivity index (χ3v) is 2.58. The van der Waals surface area contributed by atoms with Crippen LogP contribution >= 0.6 is 0 Å². The summed E-state index contributed by atoms with van der Waals surface area (Å²) in [6, 6.07) is 6.13. The van der Waals surface area contributed by atoms with Crippen LogP contribution in [-0.2, 0) is 4.79 Å². The number of carbonyl (C=O) groups excluding carboxylic acids is 2. The van der Waals surface area contributed by atoms with E-state index in [1.807, 2.05) is 12.1 Å². The Hall–Kier alpha value is -2.30. The van der Waals surface area contributed by atoms with E-state index < -0.39 is 12.1 Å². The predicted molar refractivity (Wildman–Crippen MR) is 55.6 cm³/mol. The molecule has 5 heteroatoms. The minimum atomic E-state index is -0.605. The number of hydrogen-bond acceptors (Lipinski definition) is 3. The van der Waals surface area contributed by atoms with E-state index in [0.29, 0.717) is 0 Å². The van der Waals surface area contributed by atoms with Crippen molar-refractivity contribution in [3.05, 3.63) is 36.1 Å². The molecule has 3 amide bonds. The van der Waals surface area contributed by atoms with Crippen molar-refractivity contribution in [2.75, 3.05) is 0 Å². The lowest BCUT2D eigenvalue weighted by molar-refractivity contribution is -0.120. The largest absolute Gasteiger partial charge is 0.464 e.